The van der Waals surface area contributed by atoms with Crippen LogP contribution in [0.15, 0.2) is 146 Å². The van der Waals surface area contributed by atoms with E-state index >= 15 is 0 Å². The van der Waals surface area contributed by atoms with E-state index in [1.54, 1.807) is 36.4 Å². The first-order valence-corrected chi connectivity index (χ1v) is 13.0. The molecule has 0 amide bonds. The molecule has 0 saturated heterocycles. The minimum Gasteiger partial charge on any atom is -0.508 e. The molecule has 0 aliphatic carbocycles. The summed E-state index contributed by atoms with van der Waals surface area (Å²) in [5, 5.41) is 29.8. The maximum absolute atomic E-state index is 9.92. The van der Waals surface area contributed by atoms with E-state index in [1.165, 1.54) is 0 Å². The van der Waals surface area contributed by atoms with Crippen LogP contribution in [-0.2, 0) is 0 Å². The molecule has 0 spiro atoms. The van der Waals surface area contributed by atoms with Gasteiger partial charge >= 0.3 is 0 Å². The molecule has 0 aliphatic rings. The van der Waals surface area contributed by atoms with Crippen LogP contribution in [0, 0.1) is 0 Å². The molecule has 6 aromatic rings. The van der Waals surface area contributed by atoms with Crippen LogP contribution in [-0.4, -0.2) is 15.3 Å². The molecule has 6 aromatic carbocycles. The van der Waals surface area contributed by atoms with Crippen molar-refractivity contribution < 1.29 is 15.3 Å². The Balaban J connectivity index is 1.39. The van der Waals surface area contributed by atoms with E-state index in [-0.39, 0.29) is 17.2 Å². The predicted molar refractivity (Wildman–Crippen MR) is 162 cm³/mol. The lowest BCUT2D eigenvalue weighted by Crippen LogP contribution is -2.09. The topological polar surface area (TPSA) is 63.9 Å². The quantitative estimate of drug-likeness (QED) is 0.204. The van der Waals surface area contributed by atoms with Gasteiger partial charge in [0.2, 0.25) is 0 Å². The molecule has 0 saturated carbocycles. The highest BCUT2D eigenvalue weighted by atomic mass is 16.3. The van der Waals surface area contributed by atoms with Crippen LogP contribution in [0.5, 0.6) is 17.2 Å². The van der Waals surface area contributed by atoms with Crippen molar-refractivity contribution in [3.8, 4) is 50.6 Å². The Hall–Kier alpha value is -5.48. The lowest BCUT2D eigenvalue weighted by molar-refractivity contribution is 0.475. The molecule has 0 heterocycles. The summed E-state index contributed by atoms with van der Waals surface area (Å²) in [5.41, 5.74) is 8.84. The summed E-state index contributed by atoms with van der Waals surface area (Å²) in [4.78, 5) is 2.19. The summed E-state index contributed by atoms with van der Waals surface area (Å²) >= 11 is 0. The summed E-state index contributed by atoms with van der Waals surface area (Å²) in [6.45, 7) is 0. The Morgan fingerprint density at radius 1 is 0.300 bits per heavy atom. The van der Waals surface area contributed by atoms with E-state index in [9.17, 15) is 15.3 Å². The second-order valence-corrected chi connectivity index (χ2v) is 9.63. The molecule has 0 fully saturated rings. The van der Waals surface area contributed by atoms with Gasteiger partial charge in [0.1, 0.15) is 17.2 Å². The van der Waals surface area contributed by atoms with Crippen molar-refractivity contribution in [2.75, 3.05) is 4.90 Å². The summed E-state index contributed by atoms with van der Waals surface area (Å²) in [5.74, 6) is 0.713. The van der Waals surface area contributed by atoms with Gasteiger partial charge in [-0.1, -0.05) is 72.8 Å². The molecule has 194 valence electrons. The van der Waals surface area contributed by atoms with Crippen LogP contribution < -0.4 is 4.90 Å². The van der Waals surface area contributed by atoms with Crippen molar-refractivity contribution >= 4 is 17.1 Å². The number of phenols is 3. The Kier molecular flexibility index (Phi) is 6.65. The molecular formula is C36H27NO3. The number of anilines is 3. The first kappa shape index (κ1) is 24.8. The summed E-state index contributed by atoms with van der Waals surface area (Å²) in [6.07, 6.45) is 0. The van der Waals surface area contributed by atoms with Gasteiger partial charge in [0.05, 0.1) is 0 Å². The Labute approximate surface area is 233 Å². The molecule has 0 bridgehead atoms. The zero-order valence-electron chi connectivity index (χ0n) is 21.6. The van der Waals surface area contributed by atoms with Gasteiger partial charge in [0.15, 0.2) is 0 Å². The van der Waals surface area contributed by atoms with Crippen molar-refractivity contribution in [1.82, 2.24) is 0 Å². The molecular weight excluding hydrogens is 494 g/mol. The van der Waals surface area contributed by atoms with Crippen LogP contribution in [0.25, 0.3) is 33.4 Å². The standard InChI is InChI=1S/C36H27NO3/c38-34-7-1-4-28(22-34)25-10-16-31(17-11-25)37(32-18-12-26(13-19-32)29-5-2-8-35(39)23-29)33-20-14-27(15-21-33)30-6-3-9-36(40)24-30/h1-24,38-40H. The first-order valence-electron chi connectivity index (χ1n) is 13.0. The van der Waals surface area contributed by atoms with Crippen molar-refractivity contribution in [3.63, 3.8) is 0 Å². The first-order chi connectivity index (χ1) is 19.5. The van der Waals surface area contributed by atoms with Crippen LogP contribution in [0.4, 0.5) is 17.1 Å². The van der Waals surface area contributed by atoms with E-state index in [0.29, 0.717) is 0 Å². The molecule has 0 aromatic heterocycles. The fourth-order valence-electron chi connectivity index (χ4n) is 4.91. The smallest absolute Gasteiger partial charge is 0.116 e. The summed E-state index contributed by atoms with van der Waals surface area (Å²) < 4.78 is 0. The fourth-order valence-corrected chi connectivity index (χ4v) is 4.91. The zero-order chi connectivity index (χ0) is 27.5. The van der Waals surface area contributed by atoms with Crippen LogP contribution in [0.3, 0.4) is 0 Å². The highest BCUT2D eigenvalue weighted by Crippen LogP contribution is 2.38. The average Bonchev–Trinajstić information content (AvgIpc) is 2.98. The zero-order valence-corrected chi connectivity index (χ0v) is 21.6. The van der Waals surface area contributed by atoms with E-state index < -0.39 is 0 Å². The number of nitrogens with zero attached hydrogens (tertiary/aromatic N) is 1. The Morgan fingerprint density at radius 3 is 0.825 bits per heavy atom. The van der Waals surface area contributed by atoms with E-state index in [2.05, 4.69) is 77.7 Å². The number of rotatable bonds is 6. The highest BCUT2D eigenvalue weighted by Gasteiger charge is 2.14. The largest absolute Gasteiger partial charge is 0.508 e. The highest BCUT2D eigenvalue weighted by molar-refractivity contribution is 5.81. The number of phenolic OH excluding ortho intramolecular Hbond substituents is 3. The SMILES string of the molecule is Oc1cccc(-c2ccc(N(c3ccc(-c4cccc(O)c4)cc3)c3ccc(-c4cccc(O)c4)cc3)cc2)c1. The minimum atomic E-state index is 0.238. The van der Waals surface area contributed by atoms with Gasteiger partial charge in [-0.2, -0.15) is 0 Å². The summed E-state index contributed by atoms with van der Waals surface area (Å²) in [7, 11) is 0. The van der Waals surface area contributed by atoms with Gasteiger partial charge in [-0.05, 0) is 106 Å². The van der Waals surface area contributed by atoms with Gasteiger partial charge in [0, 0.05) is 17.1 Å². The molecule has 4 heteroatoms. The van der Waals surface area contributed by atoms with E-state index in [1.807, 2.05) is 36.4 Å². The molecule has 0 unspecified atom stereocenters. The van der Waals surface area contributed by atoms with Crippen molar-refractivity contribution in [2.45, 2.75) is 0 Å². The second kappa shape index (κ2) is 10.7. The van der Waals surface area contributed by atoms with Gasteiger partial charge in [0.25, 0.3) is 0 Å². The Bertz CT molecular complexity index is 1550. The molecule has 0 atom stereocenters. The molecule has 4 nitrogen and oxygen atoms in total. The van der Waals surface area contributed by atoms with Gasteiger partial charge in [-0.3, -0.25) is 0 Å². The fraction of sp³-hybridized carbons (Fsp3) is 0. The third-order valence-electron chi connectivity index (χ3n) is 6.91. The lowest BCUT2D eigenvalue weighted by atomic mass is 10.0. The third-order valence-corrected chi connectivity index (χ3v) is 6.91. The maximum atomic E-state index is 9.92. The van der Waals surface area contributed by atoms with Crippen molar-refractivity contribution in [3.05, 3.63) is 146 Å². The van der Waals surface area contributed by atoms with E-state index in [0.717, 1.165) is 50.4 Å². The van der Waals surface area contributed by atoms with Crippen molar-refractivity contribution in [2.24, 2.45) is 0 Å². The van der Waals surface area contributed by atoms with E-state index in [4.69, 9.17) is 0 Å². The third kappa shape index (κ3) is 5.24. The molecule has 0 radical (unpaired) electrons. The minimum absolute atomic E-state index is 0.238. The number of benzene rings is 6. The second-order valence-electron chi connectivity index (χ2n) is 9.63. The van der Waals surface area contributed by atoms with Crippen LogP contribution in [0.1, 0.15) is 0 Å². The van der Waals surface area contributed by atoms with Gasteiger partial charge in [-0.25, -0.2) is 0 Å². The normalized spacial score (nSPS) is 10.8. The number of aromatic hydroxyl groups is 3. The number of hydrogen-bond donors (Lipinski definition) is 3. The summed E-state index contributed by atoms with van der Waals surface area (Å²) in [6, 6.07) is 46.5. The maximum Gasteiger partial charge on any atom is 0.116 e. The lowest BCUT2D eigenvalue weighted by Gasteiger charge is -2.26. The Morgan fingerprint density at radius 2 is 0.575 bits per heavy atom. The number of hydrogen-bond acceptors (Lipinski definition) is 4. The monoisotopic (exact) mass is 521 g/mol. The van der Waals surface area contributed by atoms with Crippen LogP contribution >= 0.6 is 0 Å². The molecule has 40 heavy (non-hydrogen) atoms. The predicted octanol–water partition coefficient (Wildman–Crippen LogP) is 9.27. The average molecular weight is 522 g/mol. The van der Waals surface area contributed by atoms with Gasteiger partial charge < -0.3 is 20.2 Å². The van der Waals surface area contributed by atoms with Crippen LogP contribution in [0.2, 0.25) is 0 Å². The molecule has 3 N–H and O–H groups in total. The van der Waals surface area contributed by atoms with Crippen molar-refractivity contribution in [1.29, 1.82) is 0 Å². The molecule has 0 aliphatic heterocycles. The molecule has 6 rings (SSSR count). The van der Waals surface area contributed by atoms with Gasteiger partial charge in [-0.15, -0.1) is 0 Å².